The Labute approximate surface area is 165 Å². The second kappa shape index (κ2) is 10.9. The zero-order valence-corrected chi connectivity index (χ0v) is 17.0. The monoisotopic (exact) mass is 458 g/mol. The molecule has 0 saturated carbocycles. The van der Waals surface area contributed by atoms with Crippen LogP contribution in [0.5, 0.6) is 5.88 Å². The average molecular weight is 458 g/mol. The zero-order chi connectivity index (χ0) is 17.4. The first-order valence-electron chi connectivity index (χ1n) is 7.89. The van der Waals surface area contributed by atoms with Crippen LogP contribution in [0, 0.1) is 12.7 Å². The number of rotatable bonds is 6. The van der Waals surface area contributed by atoms with E-state index in [-0.39, 0.29) is 29.8 Å². The predicted octanol–water partition coefficient (Wildman–Crippen LogP) is 3.41. The average Bonchev–Trinajstić information content (AvgIpc) is 2.60. The lowest BCUT2D eigenvalue weighted by atomic mass is 10.1. The number of aromatic nitrogens is 1. The quantitative estimate of drug-likeness (QED) is 0.396. The Morgan fingerprint density at radius 3 is 2.76 bits per heavy atom. The molecule has 136 valence electrons. The molecule has 7 heteroatoms. The highest BCUT2D eigenvalue weighted by atomic mass is 127. The topological polar surface area (TPSA) is 58.5 Å². The molecule has 0 aliphatic heterocycles. The third kappa shape index (κ3) is 6.49. The van der Waals surface area contributed by atoms with Crippen LogP contribution in [0.2, 0.25) is 0 Å². The van der Waals surface area contributed by atoms with Gasteiger partial charge in [0.2, 0.25) is 5.88 Å². The van der Waals surface area contributed by atoms with E-state index in [0.717, 1.165) is 17.7 Å². The number of nitrogens with zero attached hydrogens (tertiary/aromatic N) is 2. The van der Waals surface area contributed by atoms with Crippen LogP contribution in [-0.2, 0) is 13.1 Å². The van der Waals surface area contributed by atoms with Gasteiger partial charge in [-0.1, -0.05) is 18.2 Å². The fourth-order valence-corrected chi connectivity index (χ4v) is 2.17. The van der Waals surface area contributed by atoms with Gasteiger partial charge in [-0.05, 0) is 37.1 Å². The molecule has 1 heterocycles. The minimum Gasteiger partial charge on any atom is -0.481 e. The Bertz CT molecular complexity index is 709. The van der Waals surface area contributed by atoms with Gasteiger partial charge in [0, 0.05) is 24.8 Å². The van der Waals surface area contributed by atoms with Gasteiger partial charge >= 0.3 is 0 Å². The smallest absolute Gasteiger partial charge is 0.218 e. The molecule has 0 spiro atoms. The largest absolute Gasteiger partial charge is 0.481 e. The minimum atomic E-state index is -0.208. The summed E-state index contributed by atoms with van der Waals surface area (Å²) in [4.78, 5) is 8.66. The Hall–Kier alpha value is -1.90. The fourth-order valence-electron chi connectivity index (χ4n) is 2.17. The number of guanidine groups is 1. The molecule has 0 fully saturated rings. The lowest BCUT2D eigenvalue weighted by Crippen LogP contribution is -2.36. The second-order valence-corrected chi connectivity index (χ2v) is 5.30. The number of aliphatic imine (C=N–C) groups is 1. The molecule has 0 aliphatic carbocycles. The molecule has 0 amide bonds. The van der Waals surface area contributed by atoms with Crippen molar-refractivity contribution in [3.8, 4) is 5.88 Å². The van der Waals surface area contributed by atoms with Crippen molar-refractivity contribution in [2.24, 2.45) is 4.99 Å². The van der Waals surface area contributed by atoms with E-state index in [1.807, 2.05) is 25.1 Å². The number of hydrogen-bond donors (Lipinski definition) is 2. The molecule has 2 N–H and O–H groups in total. The highest BCUT2D eigenvalue weighted by Crippen LogP contribution is 2.13. The second-order valence-electron chi connectivity index (χ2n) is 5.30. The number of hydrogen-bond acceptors (Lipinski definition) is 3. The highest BCUT2D eigenvalue weighted by molar-refractivity contribution is 14.0. The molecular weight excluding hydrogens is 434 g/mol. The maximum absolute atomic E-state index is 13.6. The van der Waals surface area contributed by atoms with Crippen molar-refractivity contribution in [1.29, 1.82) is 0 Å². The van der Waals surface area contributed by atoms with Gasteiger partial charge in [0.15, 0.2) is 5.96 Å². The summed E-state index contributed by atoms with van der Waals surface area (Å²) in [5.74, 6) is 1.03. The van der Waals surface area contributed by atoms with E-state index in [0.29, 0.717) is 30.5 Å². The van der Waals surface area contributed by atoms with Crippen molar-refractivity contribution in [2.45, 2.75) is 26.9 Å². The maximum Gasteiger partial charge on any atom is 0.218 e. The first-order chi connectivity index (χ1) is 11.6. The van der Waals surface area contributed by atoms with E-state index >= 15 is 0 Å². The third-order valence-electron chi connectivity index (χ3n) is 3.49. The van der Waals surface area contributed by atoms with Crippen LogP contribution in [0.3, 0.4) is 0 Å². The lowest BCUT2D eigenvalue weighted by Gasteiger charge is -2.13. The van der Waals surface area contributed by atoms with Gasteiger partial charge in [-0.15, -0.1) is 24.0 Å². The van der Waals surface area contributed by atoms with E-state index < -0.39 is 0 Å². The van der Waals surface area contributed by atoms with Gasteiger partial charge in [-0.25, -0.2) is 14.4 Å². The number of methoxy groups -OCH3 is 1. The molecule has 25 heavy (non-hydrogen) atoms. The van der Waals surface area contributed by atoms with Gasteiger partial charge < -0.3 is 15.4 Å². The molecule has 2 aromatic rings. The van der Waals surface area contributed by atoms with Crippen molar-refractivity contribution in [1.82, 2.24) is 15.6 Å². The van der Waals surface area contributed by atoms with Gasteiger partial charge in [0.25, 0.3) is 0 Å². The number of benzene rings is 1. The van der Waals surface area contributed by atoms with E-state index in [2.05, 4.69) is 20.6 Å². The number of aryl methyl sites for hydroxylation is 1. The van der Waals surface area contributed by atoms with Crippen LogP contribution in [0.1, 0.15) is 23.6 Å². The molecule has 0 aliphatic rings. The first-order valence-corrected chi connectivity index (χ1v) is 7.89. The molecule has 1 aromatic heterocycles. The summed E-state index contributed by atoms with van der Waals surface area (Å²) in [5.41, 5.74) is 2.40. The van der Waals surface area contributed by atoms with Crippen molar-refractivity contribution < 1.29 is 9.13 Å². The number of halogens is 2. The summed E-state index contributed by atoms with van der Waals surface area (Å²) in [6.07, 6.45) is 1.69. The molecule has 0 bridgehead atoms. The number of nitrogens with one attached hydrogen (secondary N) is 2. The van der Waals surface area contributed by atoms with Crippen molar-refractivity contribution in [2.75, 3.05) is 13.7 Å². The van der Waals surface area contributed by atoms with Crippen LogP contribution >= 0.6 is 24.0 Å². The van der Waals surface area contributed by atoms with Gasteiger partial charge in [-0.2, -0.15) is 0 Å². The molecular formula is C18H24FIN4O. The number of ether oxygens (including phenoxy) is 1. The molecule has 0 unspecified atom stereocenters. The van der Waals surface area contributed by atoms with Crippen LogP contribution < -0.4 is 15.4 Å². The summed E-state index contributed by atoms with van der Waals surface area (Å²) < 4.78 is 18.8. The molecule has 0 radical (unpaired) electrons. The molecule has 0 atom stereocenters. The standard InChI is InChI=1S/C18H23FN4O.HI/c1-4-20-18(22-11-14-8-7-13(2)16(19)10-14)23-12-15-6-5-9-21-17(15)24-3;/h5-10H,4,11-12H2,1-3H3,(H2,20,22,23);1H. The highest BCUT2D eigenvalue weighted by Gasteiger charge is 2.05. The molecule has 0 saturated heterocycles. The normalized spacial score (nSPS) is 10.8. The molecule has 5 nitrogen and oxygen atoms in total. The van der Waals surface area contributed by atoms with Crippen LogP contribution in [0.4, 0.5) is 4.39 Å². The van der Waals surface area contributed by atoms with Crippen LogP contribution in [0.15, 0.2) is 41.5 Å². The van der Waals surface area contributed by atoms with Crippen LogP contribution in [0.25, 0.3) is 0 Å². The van der Waals surface area contributed by atoms with Crippen LogP contribution in [-0.4, -0.2) is 24.6 Å². The Morgan fingerprint density at radius 2 is 2.08 bits per heavy atom. The van der Waals surface area contributed by atoms with E-state index in [9.17, 15) is 4.39 Å². The Balaban J connectivity index is 0.00000312. The Morgan fingerprint density at radius 1 is 1.28 bits per heavy atom. The van der Waals surface area contributed by atoms with Crippen molar-refractivity contribution in [3.63, 3.8) is 0 Å². The van der Waals surface area contributed by atoms with E-state index in [1.54, 1.807) is 26.3 Å². The number of pyridine rings is 1. The van der Waals surface area contributed by atoms with E-state index in [1.165, 1.54) is 6.07 Å². The zero-order valence-electron chi connectivity index (χ0n) is 14.7. The van der Waals surface area contributed by atoms with E-state index in [4.69, 9.17) is 4.74 Å². The fraction of sp³-hybridized carbons (Fsp3) is 0.333. The summed E-state index contributed by atoms with van der Waals surface area (Å²) in [5, 5.41) is 6.40. The maximum atomic E-state index is 13.6. The van der Waals surface area contributed by atoms with Crippen molar-refractivity contribution in [3.05, 3.63) is 59.0 Å². The summed E-state index contributed by atoms with van der Waals surface area (Å²) in [6, 6.07) is 8.97. The van der Waals surface area contributed by atoms with Crippen molar-refractivity contribution >= 4 is 29.9 Å². The summed E-state index contributed by atoms with van der Waals surface area (Å²) >= 11 is 0. The molecule has 2 rings (SSSR count). The SMILES string of the molecule is CCNC(=NCc1ccc(C)c(F)c1)NCc1cccnc1OC.I. The lowest BCUT2D eigenvalue weighted by molar-refractivity contribution is 0.392. The molecule has 1 aromatic carbocycles. The summed E-state index contributed by atoms with van der Waals surface area (Å²) in [6.45, 7) is 5.41. The first kappa shape index (κ1) is 21.1. The van der Waals surface area contributed by atoms with Gasteiger partial charge in [0.05, 0.1) is 13.7 Å². The van der Waals surface area contributed by atoms with Gasteiger partial charge in [0.1, 0.15) is 5.82 Å². The Kier molecular flexibility index (Phi) is 9.18. The summed E-state index contributed by atoms with van der Waals surface area (Å²) in [7, 11) is 1.59. The third-order valence-corrected chi connectivity index (χ3v) is 3.49. The van der Waals surface area contributed by atoms with Gasteiger partial charge in [-0.3, -0.25) is 0 Å². The minimum absolute atomic E-state index is 0. The predicted molar refractivity (Wildman–Crippen MR) is 109 cm³/mol.